The number of hydrogen-bond acceptors (Lipinski definition) is 4. The molecule has 8 heteroatoms. The quantitative estimate of drug-likeness (QED) is 0.526. The average Bonchev–Trinajstić information content (AvgIpc) is 3.49. The Morgan fingerprint density at radius 2 is 1.88 bits per heavy atom. The molecule has 2 fully saturated rings. The number of amides is 1. The molecular formula is C26H28ClFN2O3S. The molecule has 0 radical (unpaired) electrons. The van der Waals surface area contributed by atoms with Gasteiger partial charge in [0.2, 0.25) is 5.91 Å². The maximum absolute atomic E-state index is 14.6. The van der Waals surface area contributed by atoms with Crippen LogP contribution in [0, 0.1) is 35.9 Å². The van der Waals surface area contributed by atoms with Crippen molar-refractivity contribution in [3.05, 3.63) is 64.4 Å². The molecule has 180 valence electrons. The average molecular weight is 503 g/mol. The molecule has 0 saturated heterocycles. The first kappa shape index (κ1) is 24.7. The number of rotatable bonds is 6. The minimum Gasteiger partial charge on any atom is -0.335 e. The van der Waals surface area contributed by atoms with E-state index in [0.29, 0.717) is 44.1 Å². The molecule has 2 aromatic carbocycles. The van der Waals surface area contributed by atoms with Crippen LogP contribution in [0.2, 0.25) is 5.02 Å². The number of halogens is 2. The summed E-state index contributed by atoms with van der Waals surface area (Å²) in [6.45, 7) is 1.92. The van der Waals surface area contributed by atoms with Crippen molar-refractivity contribution < 1.29 is 17.6 Å². The van der Waals surface area contributed by atoms with Crippen molar-refractivity contribution in [1.29, 1.82) is 5.26 Å². The molecule has 0 N–H and O–H groups in total. The van der Waals surface area contributed by atoms with Gasteiger partial charge >= 0.3 is 0 Å². The number of sulfone groups is 1. The van der Waals surface area contributed by atoms with E-state index in [1.807, 2.05) is 6.92 Å². The standard InChI is InChI=1S/C26H28ClFN2O3S/c1-17-5-11-22(12-6-17)34(32,33)25-4-2-3-23(25)26(31)30(21-10-7-18(13-21)15-29)16-19-8-9-20(27)14-24(19)28/h5-6,8-9,11-12,14,18,21,23,25H,2-4,7,10,13,16H2,1H3/t18-,21+,23+,25+/m0/s1. The van der Waals surface area contributed by atoms with E-state index in [2.05, 4.69) is 6.07 Å². The van der Waals surface area contributed by atoms with Gasteiger partial charge in [-0.25, -0.2) is 12.8 Å². The van der Waals surface area contributed by atoms with E-state index in [9.17, 15) is 22.9 Å². The maximum atomic E-state index is 14.6. The van der Waals surface area contributed by atoms with E-state index >= 15 is 0 Å². The second-order valence-corrected chi connectivity index (χ2v) is 12.0. The molecule has 2 aliphatic carbocycles. The fraction of sp³-hybridized carbons (Fsp3) is 0.462. The van der Waals surface area contributed by atoms with Crippen molar-refractivity contribution in [2.75, 3.05) is 0 Å². The predicted octanol–water partition coefficient (Wildman–Crippen LogP) is 5.45. The molecule has 0 aromatic heterocycles. The van der Waals surface area contributed by atoms with Crippen molar-refractivity contribution in [1.82, 2.24) is 4.90 Å². The predicted molar refractivity (Wildman–Crippen MR) is 128 cm³/mol. The number of hydrogen-bond donors (Lipinski definition) is 0. The lowest BCUT2D eigenvalue weighted by Gasteiger charge is -2.33. The van der Waals surface area contributed by atoms with Gasteiger partial charge in [-0.1, -0.05) is 41.8 Å². The molecule has 0 unspecified atom stereocenters. The molecule has 2 aromatic rings. The molecule has 0 aliphatic heterocycles. The summed E-state index contributed by atoms with van der Waals surface area (Å²) in [5.41, 5.74) is 1.29. The summed E-state index contributed by atoms with van der Waals surface area (Å²) < 4.78 is 41.6. The fourth-order valence-electron chi connectivity index (χ4n) is 5.27. The normalized spacial score (nSPS) is 24.6. The van der Waals surface area contributed by atoms with Gasteiger partial charge < -0.3 is 4.90 Å². The third-order valence-corrected chi connectivity index (χ3v) is 9.71. The maximum Gasteiger partial charge on any atom is 0.227 e. The van der Waals surface area contributed by atoms with Crippen molar-refractivity contribution in [2.45, 2.75) is 68.2 Å². The Kier molecular flexibility index (Phi) is 7.30. The van der Waals surface area contributed by atoms with Gasteiger partial charge in [0, 0.05) is 29.1 Å². The van der Waals surface area contributed by atoms with Crippen LogP contribution in [0.25, 0.3) is 0 Å². The minimum atomic E-state index is -3.70. The molecule has 34 heavy (non-hydrogen) atoms. The number of carbonyl (C=O) groups excluding carboxylic acids is 1. The van der Waals surface area contributed by atoms with E-state index < -0.39 is 26.8 Å². The third kappa shape index (κ3) is 4.99. The first-order valence-corrected chi connectivity index (χ1v) is 13.6. The second kappa shape index (κ2) is 10.1. The summed E-state index contributed by atoms with van der Waals surface area (Å²) in [6, 6.07) is 13.1. The fourth-order valence-corrected chi connectivity index (χ4v) is 7.46. The van der Waals surface area contributed by atoms with Crippen LogP contribution in [0.3, 0.4) is 0 Å². The van der Waals surface area contributed by atoms with Crippen LogP contribution in [0.1, 0.15) is 49.7 Å². The topological polar surface area (TPSA) is 78.2 Å². The lowest BCUT2D eigenvalue weighted by atomic mass is 10.0. The highest BCUT2D eigenvalue weighted by molar-refractivity contribution is 7.92. The van der Waals surface area contributed by atoms with Gasteiger partial charge in [-0.15, -0.1) is 0 Å². The molecule has 1 amide bonds. The van der Waals surface area contributed by atoms with Gasteiger partial charge in [0.1, 0.15) is 5.82 Å². The Balaban J connectivity index is 1.64. The summed E-state index contributed by atoms with van der Waals surface area (Å²) in [4.78, 5) is 15.7. The molecule has 2 aliphatic rings. The van der Waals surface area contributed by atoms with Gasteiger partial charge in [-0.2, -0.15) is 5.26 Å². The highest BCUT2D eigenvalue weighted by Crippen LogP contribution is 2.39. The Hall–Kier alpha value is -2.43. The van der Waals surface area contributed by atoms with Crippen molar-refractivity contribution >= 4 is 27.3 Å². The summed E-state index contributed by atoms with van der Waals surface area (Å²) >= 11 is 5.90. The van der Waals surface area contributed by atoms with Crippen LogP contribution in [0.15, 0.2) is 47.4 Å². The molecule has 2 saturated carbocycles. The zero-order chi connectivity index (χ0) is 24.5. The van der Waals surface area contributed by atoms with Crippen LogP contribution in [-0.4, -0.2) is 30.5 Å². The Morgan fingerprint density at radius 1 is 1.15 bits per heavy atom. The largest absolute Gasteiger partial charge is 0.335 e. The minimum absolute atomic E-state index is 0.0262. The molecule has 5 nitrogen and oxygen atoms in total. The van der Waals surface area contributed by atoms with E-state index in [4.69, 9.17) is 11.6 Å². The Labute approximate surface area is 205 Å². The van der Waals surface area contributed by atoms with Gasteiger partial charge in [0.25, 0.3) is 0 Å². The Morgan fingerprint density at radius 3 is 2.53 bits per heavy atom. The van der Waals surface area contributed by atoms with Crippen molar-refractivity contribution in [3.8, 4) is 6.07 Å². The number of nitrogens with zero attached hydrogens (tertiary/aromatic N) is 2. The SMILES string of the molecule is Cc1ccc(S(=O)(=O)[C@@H]2CCC[C@H]2C(=O)N(Cc2ccc(Cl)cc2F)[C@@H]2CC[C@H](C#N)C2)cc1. The van der Waals surface area contributed by atoms with E-state index in [1.165, 1.54) is 6.07 Å². The van der Waals surface area contributed by atoms with E-state index in [-0.39, 0.29) is 34.3 Å². The molecule has 4 rings (SSSR count). The molecule has 0 heterocycles. The lowest BCUT2D eigenvalue weighted by molar-refractivity contribution is -0.138. The molecular weight excluding hydrogens is 475 g/mol. The summed E-state index contributed by atoms with van der Waals surface area (Å²) in [5, 5.41) is 8.82. The summed E-state index contributed by atoms with van der Waals surface area (Å²) in [5.74, 6) is -1.62. The molecule has 4 atom stereocenters. The van der Waals surface area contributed by atoms with Crippen molar-refractivity contribution in [2.24, 2.45) is 11.8 Å². The van der Waals surface area contributed by atoms with Crippen LogP contribution in [0.4, 0.5) is 4.39 Å². The summed E-state index contributed by atoms with van der Waals surface area (Å²) in [6.07, 6.45) is 3.36. The van der Waals surface area contributed by atoms with Crippen LogP contribution < -0.4 is 0 Å². The van der Waals surface area contributed by atoms with Gasteiger partial charge in [0.05, 0.1) is 22.1 Å². The van der Waals surface area contributed by atoms with E-state index in [1.54, 1.807) is 41.3 Å². The van der Waals surface area contributed by atoms with Gasteiger partial charge in [-0.3, -0.25) is 4.79 Å². The highest BCUT2D eigenvalue weighted by Gasteiger charge is 2.45. The van der Waals surface area contributed by atoms with Crippen LogP contribution in [-0.2, 0) is 21.2 Å². The third-order valence-electron chi connectivity index (χ3n) is 7.19. The number of aryl methyl sites for hydroxylation is 1. The summed E-state index contributed by atoms with van der Waals surface area (Å²) in [7, 11) is -3.70. The van der Waals surface area contributed by atoms with Gasteiger partial charge in [0.15, 0.2) is 9.84 Å². The number of nitriles is 1. The number of benzene rings is 2. The molecule has 0 bridgehead atoms. The number of carbonyl (C=O) groups is 1. The van der Waals surface area contributed by atoms with E-state index in [0.717, 1.165) is 5.56 Å². The zero-order valence-electron chi connectivity index (χ0n) is 19.1. The van der Waals surface area contributed by atoms with Crippen LogP contribution >= 0.6 is 11.6 Å². The van der Waals surface area contributed by atoms with Crippen molar-refractivity contribution in [3.63, 3.8) is 0 Å². The lowest BCUT2D eigenvalue weighted by Crippen LogP contribution is -2.45. The smallest absolute Gasteiger partial charge is 0.227 e. The first-order chi connectivity index (χ1) is 16.2. The monoisotopic (exact) mass is 502 g/mol. The Bertz CT molecular complexity index is 1210. The molecule has 0 spiro atoms. The zero-order valence-corrected chi connectivity index (χ0v) is 20.7. The highest BCUT2D eigenvalue weighted by atomic mass is 35.5. The first-order valence-electron chi connectivity index (χ1n) is 11.7. The van der Waals surface area contributed by atoms with Crippen LogP contribution in [0.5, 0.6) is 0 Å². The van der Waals surface area contributed by atoms with Gasteiger partial charge in [-0.05, 0) is 63.3 Å². The second-order valence-electron chi connectivity index (χ2n) is 9.43.